The van der Waals surface area contributed by atoms with E-state index >= 15 is 0 Å². The van der Waals surface area contributed by atoms with Crippen molar-refractivity contribution in [3.63, 3.8) is 0 Å². The van der Waals surface area contributed by atoms with Gasteiger partial charge in [0.2, 0.25) is 0 Å². The fraction of sp³-hybridized carbons (Fsp3) is 1.00. The Morgan fingerprint density at radius 1 is 1.12 bits per heavy atom. The van der Waals surface area contributed by atoms with Crippen LogP contribution in [-0.4, -0.2) is 13.1 Å². The molecule has 0 saturated carbocycles. The van der Waals surface area contributed by atoms with E-state index in [0.29, 0.717) is 5.92 Å². The number of hydrogen-bond acceptors (Lipinski definition) is 2. The van der Waals surface area contributed by atoms with E-state index in [4.69, 9.17) is 0 Å². The van der Waals surface area contributed by atoms with E-state index in [-0.39, 0.29) is 0 Å². The number of hydrogen-bond donors (Lipinski definition) is 0. The van der Waals surface area contributed by atoms with Crippen molar-refractivity contribution in [1.29, 1.82) is 0 Å². The molecular weight excluding hydrogens is 100 g/mol. The third-order valence-corrected chi connectivity index (χ3v) is 0.887. The maximum Gasteiger partial charge on any atom is 0.0642 e. The summed E-state index contributed by atoms with van der Waals surface area (Å²) in [6.07, 6.45) is 0. The summed E-state index contributed by atoms with van der Waals surface area (Å²) in [5.41, 5.74) is 0. The molecule has 2 nitrogen and oxygen atoms in total. The molecule has 0 radical (unpaired) electrons. The van der Waals surface area contributed by atoms with Gasteiger partial charge in [-0.3, -0.25) is 0 Å². The third-order valence-electron chi connectivity index (χ3n) is 0.887. The van der Waals surface area contributed by atoms with Crippen LogP contribution in [0.1, 0.15) is 20.8 Å². The molecule has 0 saturated heterocycles. The van der Waals surface area contributed by atoms with Crippen LogP contribution in [-0.2, 0) is 0 Å². The van der Waals surface area contributed by atoms with Crippen molar-refractivity contribution in [3.8, 4) is 0 Å². The number of rotatable bonds is 0. The summed E-state index contributed by atoms with van der Waals surface area (Å²) < 4.78 is 0. The minimum Gasteiger partial charge on any atom is -0.194 e. The first kappa shape index (κ1) is 7.60. The second-order valence-corrected chi connectivity index (χ2v) is 1.75. The standard InChI is InChI=1S/C4H8N2.C2H6/c1-4-2-5-6-3-4;1-2/h4H,2-3H2,1H3;1-2H3. The van der Waals surface area contributed by atoms with Gasteiger partial charge in [-0.15, -0.1) is 0 Å². The highest BCUT2D eigenvalue weighted by Gasteiger charge is 2.03. The quantitative estimate of drug-likeness (QED) is 0.461. The van der Waals surface area contributed by atoms with Crippen LogP contribution in [0.25, 0.3) is 0 Å². The van der Waals surface area contributed by atoms with Gasteiger partial charge in [0, 0.05) is 0 Å². The lowest BCUT2D eigenvalue weighted by molar-refractivity contribution is 0.683. The van der Waals surface area contributed by atoms with E-state index in [1.807, 2.05) is 13.8 Å². The summed E-state index contributed by atoms with van der Waals surface area (Å²) in [7, 11) is 0. The summed E-state index contributed by atoms with van der Waals surface area (Å²) in [4.78, 5) is 0. The molecule has 1 heterocycles. The van der Waals surface area contributed by atoms with Crippen LogP contribution in [0.4, 0.5) is 0 Å². The lowest BCUT2D eigenvalue weighted by atomic mass is 10.2. The highest BCUT2D eigenvalue weighted by molar-refractivity contribution is 4.61. The van der Waals surface area contributed by atoms with E-state index in [9.17, 15) is 0 Å². The number of nitrogens with zero attached hydrogens (tertiary/aromatic N) is 2. The molecule has 0 atom stereocenters. The predicted molar refractivity (Wildman–Crippen MR) is 35.1 cm³/mol. The molecule has 0 fully saturated rings. The molecular formula is C6H14N2. The van der Waals surface area contributed by atoms with Crippen LogP contribution in [0, 0.1) is 5.92 Å². The van der Waals surface area contributed by atoms with Crippen LogP contribution < -0.4 is 0 Å². The average Bonchev–Trinajstić information content (AvgIpc) is 2.24. The topological polar surface area (TPSA) is 24.7 Å². The van der Waals surface area contributed by atoms with Gasteiger partial charge in [-0.1, -0.05) is 20.8 Å². The second kappa shape index (κ2) is 4.75. The first-order valence-electron chi connectivity index (χ1n) is 3.23. The van der Waals surface area contributed by atoms with Gasteiger partial charge in [-0.25, -0.2) is 0 Å². The van der Waals surface area contributed by atoms with Crippen molar-refractivity contribution in [2.24, 2.45) is 16.1 Å². The molecule has 1 rings (SSSR count). The van der Waals surface area contributed by atoms with Gasteiger partial charge in [0.15, 0.2) is 0 Å². The van der Waals surface area contributed by atoms with Gasteiger partial charge >= 0.3 is 0 Å². The molecule has 2 heteroatoms. The summed E-state index contributed by atoms with van der Waals surface area (Å²) in [6.45, 7) is 8.04. The summed E-state index contributed by atoms with van der Waals surface area (Å²) in [5.74, 6) is 0.713. The average molecular weight is 114 g/mol. The molecule has 0 aromatic carbocycles. The molecule has 0 bridgehead atoms. The maximum absolute atomic E-state index is 3.79. The van der Waals surface area contributed by atoms with E-state index in [0.717, 1.165) is 13.1 Å². The second-order valence-electron chi connectivity index (χ2n) is 1.75. The van der Waals surface area contributed by atoms with Crippen molar-refractivity contribution >= 4 is 0 Å². The first-order valence-corrected chi connectivity index (χ1v) is 3.23. The summed E-state index contributed by atoms with van der Waals surface area (Å²) in [6, 6.07) is 0. The lowest BCUT2D eigenvalue weighted by Crippen LogP contribution is -1.93. The largest absolute Gasteiger partial charge is 0.194 e. The summed E-state index contributed by atoms with van der Waals surface area (Å²) >= 11 is 0. The van der Waals surface area contributed by atoms with Gasteiger partial charge in [0.25, 0.3) is 0 Å². The van der Waals surface area contributed by atoms with Crippen LogP contribution in [0.2, 0.25) is 0 Å². The third kappa shape index (κ3) is 2.72. The molecule has 0 aliphatic carbocycles. The molecule has 0 aromatic heterocycles. The highest BCUT2D eigenvalue weighted by atomic mass is 15.1. The van der Waals surface area contributed by atoms with Gasteiger partial charge in [-0.05, 0) is 5.92 Å². The Labute approximate surface area is 51.0 Å². The van der Waals surface area contributed by atoms with E-state index in [1.165, 1.54) is 0 Å². The molecule has 0 amide bonds. The fourth-order valence-corrected chi connectivity index (χ4v) is 0.452. The first-order chi connectivity index (χ1) is 3.89. The van der Waals surface area contributed by atoms with Crippen molar-refractivity contribution in [1.82, 2.24) is 0 Å². The zero-order valence-corrected chi connectivity index (χ0v) is 5.89. The summed E-state index contributed by atoms with van der Waals surface area (Å²) in [5, 5.41) is 7.58. The predicted octanol–water partition coefficient (Wildman–Crippen LogP) is 2.11. The molecule has 8 heavy (non-hydrogen) atoms. The van der Waals surface area contributed by atoms with Crippen molar-refractivity contribution in [2.75, 3.05) is 13.1 Å². The van der Waals surface area contributed by atoms with Crippen LogP contribution in [0.3, 0.4) is 0 Å². The minimum absolute atomic E-state index is 0.713. The monoisotopic (exact) mass is 114 g/mol. The Balaban J connectivity index is 0.000000222. The molecule has 0 unspecified atom stereocenters. The Bertz CT molecular complexity index is 60.9. The lowest BCUT2D eigenvalue weighted by Gasteiger charge is -1.87. The fourth-order valence-electron chi connectivity index (χ4n) is 0.452. The van der Waals surface area contributed by atoms with E-state index in [1.54, 1.807) is 0 Å². The minimum atomic E-state index is 0.713. The smallest absolute Gasteiger partial charge is 0.0642 e. The Kier molecular flexibility index (Phi) is 4.51. The molecule has 0 aromatic rings. The zero-order chi connectivity index (χ0) is 6.41. The van der Waals surface area contributed by atoms with Gasteiger partial charge in [-0.2, -0.15) is 10.2 Å². The maximum atomic E-state index is 3.79. The van der Waals surface area contributed by atoms with Crippen LogP contribution in [0.15, 0.2) is 10.2 Å². The van der Waals surface area contributed by atoms with Gasteiger partial charge < -0.3 is 0 Å². The molecule has 0 spiro atoms. The highest BCUT2D eigenvalue weighted by Crippen LogP contribution is 2.03. The van der Waals surface area contributed by atoms with Crippen molar-refractivity contribution < 1.29 is 0 Å². The molecule has 1 aliphatic rings. The van der Waals surface area contributed by atoms with Crippen LogP contribution in [0.5, 0.6) is 0 Å². The normalized spacial score (nSPS) is 17.9. The number of azo groups is 1. The Morgan fingerprint density at radius 2 is 1.50 bits per heavy atom. The van der Waals surface area contributed by atoms with Crippen molar-refractivity contribution in [3.05, 3.63) is 0 Å². The SMILES string of the molecule is CC.CC1CN=NC1. The van der Waals surface area contributed by atoms with Gasteiger partial charge in [0.1, 0.15) is 0 Å². The molecule has 0 N–H and O–H groups in total. The Morgan fingerprint density at radius 3 is 1.62 bits per heavy atom. The Hall–Kier alpha value is -0.400. The van der Waals surface area contributed by atoms with E-state index in [2.05, 4.69) is 17.2 Å². The molecule has 48 valence electrons. The van der Waals surface area contributed by atoms with Crippen LogP contribution >= 0.6 is 0 Å². The van der Waals surface area contributed by atoms with Gasteiger partial charge in [0.05, 0.1) is 13.1 Å². The molecule has 1 aliphatic heterocycles. The van der Waals surface area contributed by atoms with Crippen molar-refractivity contribution in [2.45, 2.75) is 20.8 Å². The van der Waals surface area contributed by atoms with E-state index < -0.39 is 0 Å². The zero-order valence-electron chi connectivity index (χ0n) is 5.89.